The first-order valence-electron chi connectivity index (χ1n) is 5.92. The van der Waals surface area contributed by atoms with Crippen LogP contribution in [-0.2, 0) is 0 Å². The van der Waals surface area contributed by atoms with E-state index in [0.717, 1.165) is 11.3 Å². The second-order valence-electron chi connectivity index (χ2n) is 4.33. The number of amides is 2. The normalized spacial score (nSPS) is 10.1. The van der Waals surface area contributed by atoms with Crippen molar-refractivity contribution in [1.29, 1.82) is 0 Å². The van der Waals surface area contributed by atoms with Crippen molar-refractivity contribution in [2.24, 2.45) is 5.73 Å². The lowest BCUT2D eigenvalue weighted by molar-refractivity contribution is 0.0703. The monoisotopic (exact) mass is 304 g/mol. The van der Waals surface area contributed by atoms with Crippen LogP contribution < -0.4 is 11.1 Å². The summed E-state index contributed by atoms with van der Waals surface area (Å²) in [6, 6.07) is 5.91. The predicted octanol–water partition coefficient (Wildman–Crippen LogP) is 2.11. The third kappa shape index (κ3) is 3.09. The minimum absolute atomic E-state index is 0.0619. The molecule has 0 radical (unpaired) electrons. The molecule has 0 spiro atoms. The molecule has 21 heavy (non-hydrogen) atoms. The van der Waals surface area contributed by atoms with Gasteiger partial charge in [0.25, 0.3) is 5.91 Å². The molecule has 0 aliphatic heterocycles. The summed E-state index contributed by atoms with van der Waals surface area (Å²) in [4.78, 5) is 34.4. The van der Waals surface area contributed by atoms with Gasteiger partial charge in [0.05, 0.1) is 5.69 Å². The first-order chi connectivity index (χ1) is 9.90. The van der Waals surface area contributed by atoms with E-state index in [1.165, 1.54) is 24.3 Å². The number of carbonyl (C=O) groups excluding carboxylic acids is 2. The van der Waals surface area contributed by atoms with Gasteiger partial charge in [0.1, 0.15) is 4.88 Å². The van der Waals surface area contributed by atoms with Crippen molar-refractivity contribution in [2.75, 3.05) is 5.32 Å². The Morgan fingerprint density at radius 1 is 1.24 bits per heavy atom. The Morgan fingerprint density at radius 2 is 1.90 bits per heavy atom. The molecule has 1 aromatic carbocycles. The number of carboxylic acids is 1. The summed E-state index contributed by atoms with van der Waals surface area (Å²) < 4.78 is 0. The maximum absolute atomic E-state index is 12.2. The Bertz CT molecular complexity index is 736. The van der Waals surface area contributed by atoms with Crippen molar-refractivity contribution < 1.29 is 19.5 Å². The van der Waals surface area contributed by atoms with Gasteiger partial charge in [-0.25, -0.2) is 4.79 Å². The number of aromatic carboxylic acids is 1. The topological polar surface area (TPSA) is 109 Å². The third-order valence-corrected chi connectivity index (χ3v) is 3.90. The molecule has 0 saturated carbocycles. The van der Waals surface area contributed by atoms with Gasteiger partial charge in [-0.15, -0.1) is 11.3 Å². The van der Waals surface area contributed by atoms with Gasteiger partial charge in [-0.3, -0.25) is 9.59 Å². The Labute approximate surface area is 124 Å². The summed E-state index contributed by atoms with van der Waals surface area (Å²) in [5.41, 5.74) is 6.53. The summed E-state index contributed by atoms with van der Waals surface area (Å²) in [5.74, 6) is -2.24. The molecule has 2 rings (SSSR count). The number of benzene rings is 1. The van der Waals surface area contributed by atoms with Crippen molar-refractivity contribution >= 4 is 34.8 Å². The molecule has 1 heterocycles. The summed E-state index contributed by atoms with van der Waals surface area (Å²) >= 11 is 1.04. The van der Waals surface area contributed by atoms with Gasteiger partial charge in [0, 0.05) is 11.1 Å². The SMILES string of the molecule is Cc1csc(C(=O)O)c1NC(=O)c1cccc(C(N)=O)c1. The molecule has 108 valence electrons. The van der Waals surface area contributed by atoms with Crippen molar-refractivity contribution in [3.05, 3.63) is 51.2 Å². The Hall–Kier alpha value is -2.67. The summed E-state index contributed by atoms with van der Waals surface area (Å²) in [7, 11) is 0. The highest BCUT2D eigenvalue weighted by Gasteiger charge is 2.18. The average molecular weight is 304 g/mol. The highest BCUT2D eigenvalue weighted by atomic mass is 32.1. The van der Waals surface area contributed by atoms with Gasteiger partial charge in [-0.2, -0.15) is 0 Å². The van der Waals surface area contributed by atoms with E-state index in [4.69, 9.17) is 10.8 Å². The number of carbonyl (C=O) groups is 3. The van der Waals surface area contributed by atoms with Crippen molar-refractivity contribution in [3.63, 3.8) is 0 Å². The lowest BCUT2D eigenvalue weighted by atomic mass is 10.1. The molecule has 0 aliphatic rings. The third-order valence-electron chi connectivity index (χ3n) is 2.82. The zero-order valence-corrected chi connectivity index (χ0v) is 11.9. The maximum Gasteiger partial charge on any atom is 0.348 e. The van der Waals surface area contributed by atoms with Crippen LogP contribution in [0.2, 0.25) is 0 Å². The molecule has 0 saturated heterocycles. The van der Waals surface area contributed by atoms with Gasteiger partial charge >= 0.3 is 5.97 Å². The van der Waals surface area contributed by atoms with Crippen LogP contribution >= 0.6 is 11.3 Å². The van der Waals surface area contributed by atoms with Gasteiger partial charge in [-0.1, -0.05) is 6.07 Å². The van der Waals surface area contributed by atoms with Crippen molar-refractivity contribution in [1.82, 2.24) is 0 Å². The van der Waals surface area contributed by atoms with Gasteiger partial charge in [0.15, 0.2) is 0 Å². The van der Waals surface area contributed by atoms with E-state index >= 15 is 0 Å². The number of aryl methyl sites for hydroxylation is 1. The molecule has 6 nitrogen and oxygen atoms in total. The second-order valence-corrected chi connectivity index (χ2v) is 5.21. The molecule has 2 amide bonds. The maximum atomic E-state index is 12.2. The van der Waals surface area contributed by atoms with Crippen LogP contribution in [0.1, 0.15) is 36.0 Å². The zero-order chi connectivity index (χ0) is 15.6. The molecule has 4 N–H and O–H groups in total. The Kier molecular flexibility index (Phi) is 4.04. The van der Waals surface area contributed by atoms with E-state index in [9.17, 15) is 14.4 Å². The minimum Gasteiger partial charge on any atom is -0.477 e. The first-order valence-corrected chi connectivity index (χ1v) is 6.80. The second kappa shape index (κ2) is 5.76. The van der Waals surface area contributed by atoms with Crippen LogP contribution in [0, 0.1) is 6.92 Å². The number of primary amides is 1. The van der Waals surface area contributed by atoms with E-state index in [1.807, 2.05) is 0 Å². The molecular weight excluding hydrogens is 292 g/mol. The van der Waals surface area contributed by atoms with E-state index in [0.29, 0.717) is 5.56 Å². The number of nitrogens with one attached hydrogen (secondary N) is 1. The molecule has 0 fully saturated rings. The largest absolute Gasteiger partial charge is 0.477 e. The minimum atomic E-state index is -1.10. The standard InChI is InChI=1S/C14H12N2O4S/c1-7-6-21-11(14(19)20)10(7)16-13(18)9-4-2-3-8(5-9)12(15)17/h2-6H,1H3,(H2,15,17)(H,16,18)(H,19,20). The molecule has 7 heteroatoms. The lowest BCUT2D eigenvalue weighted by Crippen LogP contribution is -2.16. The quantitative estimate of drug-likeness (QED) is 0.803. The van der Waals surface area contributed by atoms with Crippen molar-refractivity contribution in [3.8, 4) is 0 Å². The van der Waals surface area contributed by atoms with Crippen LogP contribution in [0.5, 0.6) is 0 Å². The van der Waals surface area contributed by atoms with Crippen LogP contribution in [0.4, 0.5) is 5.69 Å². The number of thiophene rings is 1. The molecule has 0 bridgehead atoms. The smallest absolute Gasteiger partial charge is 0.348 e. The van der Waals surface area contributed by atoms with E-state index in [-0.39, 0.29) is 21.7 Å². The first kappa shape index (κ1) is 14.7. The van der Waals surface area contributed by atoms with Crippen LogP contribution in [-0.4, -0.2) is 22.9 Å². The highest BCUT2D eigenvalue weighted by molar-refractivity contribution is 7.12. The molecule has 1 aromatic heterocycles. The summed E-state index contributed by atoms with van der Waals surface area (Å²) in [6.07, 6.45) is 0. The lowest BCUT2D eigenvalue weighted by Gasteiger charge is -2.07. The summed E-state index contributed by atoms with van der Waals surface area (Å²) in [5, 5.41) is 13.3. The van der Waals surface area contributed by atoms with E-state index in [2.05, 4.69) is 5.32 Å². The fourth-order valence-corrected chi connectivity index (χ4v) is 2.60. The van der Waals surface area contributed by atoms with Crippen LogP contribution in [0.25, 0.3) is 0 Å². The van der Waals surface area contributed by atoms with Crippen LogP contribution in [0.15, 0.2) is 29.6 Å². The number of rotatable bonds is 4. The average Bonchev–Trinajstić information content (AvgIpc) is 2.80. The molecule has 0 aliphatic carbocycles. The Balaban J connectivity index is 2.30. The van der Waals surface area contributed by atoms with Gasteiger partial charge in [0.2, 0.25) is 5.91 Å². The molecule has 0 unspecified atom stereocenters. The number of carboxylic acid groups (broad SMARTS) is 1. The van der Waals surface area contributed by atoms with E-state index < -0.39 is 17.8 Å². The van der Waals surface area contributed by atoms with Crippen LogP contribution in [0.3, 0.4) is 0 Å². The fraction of sp³-hybridized carbons (Fsp3) is 0.0714. The fourth-order valence-electron chi connectivity index (χ4n) is 1.76. The van der Waals surface area contributed by atoms with E-state index in [1.54, 1.807) is 12.3 Å². The van der Waals surface area contributed by atoms with Gasteiger partial charge in [-0.05, 0) is 36.1 Å². The highest BCUT2D eigenvalue weighted by Crippen LogP contribution is 2.28. The molecule has 0 atom stereocenters. The van der Waals surface area contributed by atoms with Gasteiger partial charge < -0.3 is 16.2 Å². The Morgan fingerprint density at radius 3 is 2.52 bits per heavy atom. The number of nitrogens with two attached hydrogens (primary N) is 1. The predicted molar refractivity (Wildman–Crippen MR) is 78.9 cm³/mol. The zero-order valence-electron chi connectivity index (χ0n) is 11.0. The number of anilines is 1. The molecule has 2 aromatic rings. The number of hydrogen-bond acceptors (Lipinski definition) is 4. The summed E-state index contributed by atoms with van der Waals surface area (Å²) in [6.45, 7) is 1.71. The molecular formula is C14H12N2O4S. The van der Waals surface area contributed by atoms with Crippen molar-refractivity contribution in [2.45, 2.75) is 6.92 Å². The number of hydrogen-bond donors (Lipinski definition) is 3.